The van der Waals surface area contributed by atoms with Crippen molar-refractivity contribution in [3.63, 3.8) is 0 Å². The summed E-state index contributed by atoms with van der Waals surface area (Å²) in [6, 6.07) is 0. The maximum atomic E-state index is 12.1. The minimum atomic E-state index is -0.436. The maximum Gasteiger partial charge on any atom is 0.410 e. The number of nitrogens with one attached hydrogen (secondary N) is 1. The first-order chi connectivity index (χ1) is 10.8. The summed E-state index contributed by atoms with van der Waals surface area (Å²) in [5.41, 5.74) is 5.39. The summed E-state index contributed by atoms with van der Waals surface area (Å²) in [5.74, 6) is 1.02. The van der Waals surface area contributed by atoms with Crippen LogP contribution in [0.15, 0.2) is 4.99 Å². The van der Waals surface area contributed by atoms with Gasteiger partial charge in [-0.05, 0) is 52.4 Å². The normalized spacial score (nSPS) is 18.8. The fourth-order valence-electron chi connectivity index (χ4n) is 2.61. The Morgan fingerprint density at radius 2 is 2.12 bits per heavy atom. The number of rotatable bonds is 6. The molecule has 3 N–H and O–H groups in total. The summed E-state index contributed by atoms with van der Waals surface area (Å²) in [6.07, 6.45) is 5.16. The van der Waals surface area contributed by atoms with Crippen LogP contribution < -0.4 is 11.1 Å². The largest absolute Gasteiger partial charge is 0.444 e. The molecule has 0 aromatic rings. The van der Waals surface area contributed by atoms with Crippen molar-refractivity contribution in [1.29, 1.82) is 0 Å². The van der Waals surface area contributed by atoms with Gasteiger partial charge >= 0.3 is 6.09 Å². The summed E-state index contributed by atoms with van der Waals surface area (Å²) < 4.78 is 5.46. The van der Waals surface area contributed by atoms with Crippen molar-refractivity contribution >= 4 is 36.0 Å². The van der Waals surface area contributed by atoms with E-state index in [1.807, 2.05) is 25.7 Å². The van der Waals surface area contributed by atoms with E-state index in [4.69, 9.17) is 10.5 Å². The Hall–Kier alpha value is -0.730. The molecule has 0 bridgehead atoms. The van der Waals surface area contributed by atoms with Crippen molar-refractivity contribution < 1.29 is 9.53 Å². The number of carbonyl (C=O) groups excluding carboxylic acids is 1. The standard InChI is InChI=1S/C17H34N4O2.HI/c1-5-6-10-19-15(18)20-11-9-14-8-7-12-21(13-14)16(22)23-17(2,3)4;/h14H,5-13H2,1-4H3,(H3,18,19,20);1H. The number of halogens is 1. The van der Waals surface area contributed by atoms with Gasteiger partial charge in [0.1, 0.15) is 5.60 Å². The molecule has 0 spiro atoms. The zero-order valence-corrected chi connectivity index (χ0v) is 18.0. The number of likely N-dealkylation sites (tertiary alicyclic amines) is 1. The first kappa shape index (κ1) is 23.3. The monoisotopic (exact) mass is 454 g/mol. The Labute approximate surface area is 164 Å². The number of guanidine groups is 1. The molecular weight excluding hydrogens is 419 g/mol. The molecule has 1 unspecified atom stereocenters. The van der Waals surface area contributed by atoms with Gasteiger partial charge in [0.2, 0.25) is 0 Å². The van der Waals surface area contributed by atoms with E-state index in [0.29, 0.717) is 11.9 Å². The molecule has 24 heavy (non-hydrogen) atoms. The first-order valence-electron chi connectivity index (χ1n) is 8.83. The van der Waals surface area contributed by atoms with E-state index < -0.39 is 5.60 Å². The number of unbranched alkanes of at least 4 members (excludes halogenated alkanes) is 1. The second kappa shape index (κ2) is 11.8. The third-order valence-electron chi connectivity index (χ3n) is 3.82. The van der Waals surface area contributed by atoms with Crippen molar-refractivity contribution in [2.75, 3.05) is 26.2 Å². The van der Waals surface area contributed by atoms with Gasteiger partial charge in [0.15, 0.2) is 5.96 Å². The minimum Gasteiger partial charge on any atom is -0.444 e. The van der Waals surface area contributed by atoms with E-state index in [9.17, 15) is 4.79 Å². The number of piperidine rings is 1. The highest BCUT2D eigenvalue weighted by Gasteiger charge is 2.27. The number of carbonyl (C=O) groups is 1. The lowest BCUT2D eigenvalue weighted by molar-refractivity contribution is 0.0162. The lowest BCUT2D eigenvalue weighted by atomic mass is 9.95. The molecule has 1 rings (SSSR count). The van der Waals surface area contributed by atoms with Crippen molar-refractivity contribution in [2.45, 2.75) is 65.4 Å². The molecule has 142 valence electrons. The van der Waals surface area contributed by atoms with Crippen LogP contribution in [0.25, 0.3) is 0 Å². The second-order valence-electron chi connectivity index (χ2n) is 7.27. The fourth-order valence-corrected chi connectivity index (χ4v) is 2.61. The molecule has 0 aromatic carbocycles. The molecule has 1 amide bonds. The SMILES string of the molecule is CCCCN=C(N)NCCC1CCCN(C(=O)OC(C)(C)C)C1.I. The number of nitrogens with zero attached hydrogens (tertiary/aromatic N) is 2. The molecule has 1 saturated heterocycles. The van der Waals surface area contributed by atoms with Gasteiger partial charge in [0, 0.05) is 26.2 Å². The van der Waals surface area contributed by atoms with E-state index >= 15 is 0 Å². The third-order valence-corrected chi connectivity index (χ3v) is 3.82. The number of nitrogens with two attached hydrogens (primary N) is 1. The molecule has 0 aromatic heterocycles. The zero-order valence-electron chi connectivity index (χ0n) is 15.6. The highest BCUT2D eigenvalue weighted by Crippen LogP contribution is 2.21. The molecule has 1 aliphatic heterocycles. The molecule has 1 atom stereocenters. The van der Waals surface area contributed by atoms with E-state index in [1.165, 1.54) is 0 Å². The van der Waals surface area contributed by atoms with Crippen LogP contribution in [-0.4, -0.2) is 48.7 Å². The van der Waals surface area contributed by atoms with Crippen LogP contribution in [0.1, 0.15) is 59.8 Å². The van der Waals surface area contributed by atoms with E-state index in [-0.39, 0.29) is 30.1 Å². The molecule has 1 aliphatic rings. The zero-order chi connectivity index (χ0) is 17.3. The summed E-state index contributed by atoms with van der Waals surface area (Å²) in [7, 11) is 0. The molecule has 7 heteroatoms. The molecule has 0 aliphatic carbocycles. The summed E-state index contributed by atoms with van der Waals surface area (Å²) in [5, 5.41) is 3.16. The van der Waals surface area contributed by atoms with Gasteiger partial charge in [-0.1, -0.05) is 13.3 Å². The third kappa shape index (κ3) is 10.2. The van der Waals surface area contributed by atoms with Crippen LogP contribution in [0.4, 0.5) is 4.79 Å². The van der Waals surface area contributed by atoms with Crippen molar-refractivity contribution in [3.8, 4) is 0 Å². The molecular formula is C17H35IN4O2. The van der Waals surface area contributed by atoms with E-state index in [0.717, 1.165) is 58.3 Å². The predicted octanol–water partition coefficient (Wildman–Crippen LogP) is 3.35. The van der Waals surface area contributed by atoms with Crippen LogP contribution in [0.3, 0.4) is 0 Å². The van der Waals surface area contributed by atoms with Crippen molar-refractivity contribution in [3.05, 3.63) is 0 Å². The Bertz CT molecular complexity index is 397. The predicted molar refractivity (Wildman–Crippen MR) is 110 cm³/mol. The van der Waals surface area contributed by atoms with Gasteiger partial charge in [-0.3, -0.25) is 4.99 Å². The van der Waals surface area contributed by atoms with Crippen molar-refractivity contribution in [2.24, 2.45) is 16.6 Å². The Kier molecular flexibility index (Phi) is 11.4. The molecule has 6 nitrogen and oxygen atoms in total. The first-order valence-corrected chi connectivity index (χ1v) is 8.83. The van der Waals surface area contributed by atoms with Gasteiger partial charge < -0.3 is 20.7 Å². The summed E-state index contributed by atoms with van der Waals surface area (Å²) in [4.78, 5) is 18.2. The van der Waals surface area contributed by atoms with Gasteiger partial charge in [-0.15, -0.1) is 24.0 Å². The van der Waals surface area contributed by atoms with Crippen molar-refractivity contribution in [1.82, 2.24) is 10.2 Å². The number of hydrogen-bond donors (Lipinski definition) is 2. The molecule has 1 heterocycles. The minimum absolute atomic E-state index is 0. The number of hydrogen-bond acceptors (Lipinski definition) is 3. The number of aliphatic imine (C=N–C) groups is 1. The summed E-state index contributed by atoms with van der Waals surface area (Å²) >= 11 is 0. The smallest absolute Gasteiger partial charge is 0.410 e. The van der Waals surface area contributed by atoms with Crippen LogP contribution in [0, 0.1) is 5.92 Å². The van der Waals surface area contributed by atoms with E-state index in [1.54, 1.807) is 0 Å². The highest BCUT2D eigenvalue weighted by atomic mass is 127. The number of ether oxygens (including phenoxy) is 1. The highest BCUT2D eigenvalue weighted by molar-refractivity contribution is 14.0. The Morgan fingerprint density at radius 1 is 1.42 bits per heavy atom. The van der Waals surface area contributed by atoms with Gasteiger partial charge in [0.25, 0.3) is 0 Å². The number of amides is 1. The fraction of sp³-hybridized carbons (Fsp3) is 0.882. The lowest BCUT2D eigenvalue weighted by Gasteiger charge is -2.34. The average Bonchev–Trinajstić information content (AvgIpc) is 2.46. The van der Waals surface area contributed by atoms with Gasteiger partial charge in [0.05, 0.1) is 0 Å². The van der Waals surface area contributed by atoms with Gasteiger partial charge in [-0.25, -0.2) is 4.79 Å². The Morgan fingerprint density at radius 3 is 2.75 bits per heavy atom. The van der Waals surface area contributed by atoms with Crippen LogP contribution in [-0.2, 0) is 4.74 Å². The lowest BCUT2D eigenvalue weighted by Crippen LogP contribution is -2.43. The summed E-state index contributed by atoms with van der Waals surface area (Å²) in [6.45, 7) is 11.0. The van der Waals surface area contributed by atoms with Crippen LogP contribution in [0.5, 0.6) is 0 Å². The molecule has 0 saturated carbocycles. The average molecular weight is 454 g/mol. The molecule has 0 radical (unpaired) electrons. The Balaban J connectivity index is 0.00000529. The van der Waals surface area contributed by atoms with Crippen LogP contribution >= 0.6 is 24.0 Å². The second-order valence-corrected chi connectivity index (χ2v) is 7.27. The topological polar surface area (TPSA) is 80.0 Å². The van der Waals surface area contributed by atoms with E-state index in [2.05, 4.69) is 17.2 Å². The molecule has 1 fully saturated rings. The maximum absolute atomic E-state index is 12.1. The quantitative estimate of drug-likeness (QED) is 0.279. The van der Waals surface area contributed by atoms with Crippen LogP contribution in [0.2, 0.25) is 0 Å². The van der Waals surface area contributed by atoms with Gasteiger partial charge in [-0.2, -0.15) is 0 Å².